The van der Waals surface area contributed by atoms with Crippen molar-refractivity contribution in [2.75, 3.05) is 4.90 Å². The molecule has 0 N–H and O–H groups in total. The Hall–Kier alpha value is -7.87. The van der Waals surface area contributed by atoms with Crippen LogP contribution in [0.5, 0.6) is 0 Å². The molecular formula is C50H33N7. The van der Waals surface area contributed by atoms with Crippen molar-refractivity contribution in [1.29, 1.82) is 10.5 Å². The SMILES string of the molecule is CC1(C)c2ccccc2N(c2ccccc2)c2cc3c(cc21)c1ccccc1n3-c1cc(C#N)c(-c2nc(-c3ccccc3)nc(-c3ccccc3)n2)c(C#N)c1. The number of nitriles is 2. The number of hydrogen-bond acceptors (Lipinski definition) is 6. The van der Waals surface area contributed by atoms with Crippen LogP contribution in [0.4, 0.5) is 17.1 Å². The zero-order valence-electron chi connectivity index (χ0n) is 31.2. The lowest BCUT2D eigenvalue weighted by molar-refractivity contribution is 0.633. The van der Waals surface area contributed by atoms with Crippen LogP contribution in [0.25, 0.3) is 61.7 Å². The van der Waals surface area contributed by atoms with Crippen LogP contribution in [0.2, 0.25) is 0 Å². The van der Waals surface area contributed by atoms with Crippen LogP contribution in [0, 0.1) is 22.7 Å². The molecule has 7 nitrogen and oxygen atoms in total. The molecular weight excluding hydrogens is 699 g/mol. The van der Waals surface area contributed by atoms with Gasteiger partial charge >= 0.3 is 0 Å². The molecule has 0 saturated carbocycles. The van der Waals surface area contributed by atoms with Gasteiger partial charge in [0.2, 0.25) is 0 Å². The fraction of sp³-hybridized carbons (Fsp3) is 0.0600. The van der Waals surface area contributed by atoms with Gasteiger partial charge in [0.05, 0.1) is 39.1 Å². The summed E-state index contributed by atoms with van der Waals surface area (Å²) in [5.41, 5.74) is 10.6. The van der Waals surface area contributed by atoms with Crippen molar-refractivity contribution in [3.63, 3.8) is 0 Å². The first-order valence-electron chi connectivity index (χ1n) is 18.8. The van der Waals surface area contributed by atoms with Crippen molar-refractivity contribution in [2.24, 2.45) is 0 Å². The molecule has 0 aliphatic carbocycles. The molecule has 268 valence electrons. The van der Waals surface area contributed by atoms with Crippen LogP contribution >= 0.6 is 0 Å². The number of nitrogens with zero attached hydrogens (tertiary/aromatic N) is 7. The number of benzene rings is 7. The zero-order chi connectivity index (χ0) is 38.7. The number of aromatic nitrogens is 4. The van der Waals surface area contributed by atoms with Crippen molar-refractivity contribution >= 4 is 38.9 Å². The van der Waals surface area contributed by atoms with Gasteiger partial charge < -0.3 is 9.47 Å². The number of rotatable bonds is 5. The maximum absolute atomic E-state index is 10.8. The predicted octanol–water partition coefficient (Wildman–Crippen LogP) is 11.8. The Morgan fingerprint density at radius 1 is 0.474 bits per heavy atom. The van der Waals surface area contributed by atoms with Crippen molar-refractivity contribution in [1.82, 2.24) is 19.5 Å². The Morgan fingerprint density at radius 3 is 1.65 bits per heavy atom. The normalized spacial score (nSPS) is 12.8. The highest BCUT2D eigenvalue weighted by atomic mass is 15.2. The van der Waals surface area contributed by atoms with Gasteiger partial charge in [0.25, 0.3) is 0 Å². The van der Waals surface area contributed by atoms with Gasteiger partial charge in [-0.25, -0.2) is 15.0 Å². The Bertz CT molecular complexity index is 3020. The Morgan fingerprint density at radius 2 is 1.02 bits per heavy atom. The average Bonchev–Trinajstić information content (AvgIpc) is 3.59. The molecule has 0 amide bonds. The van der Waals surface area contributed by atoms with E-state index in [1.807, 2.05) is 84.9 Å². The molecule has 7 heteroatoms. The molecule has 0 spiro atoms. The van der Waals surface area contributed by atoms with E-state index in [0.29, 0.717) is 22.9 Å². The van der Waals surface area contributed by atoms with Gasteiger partial charge in [0.1, 0.15) is 12.1 Å². The maximum Gasteiger partial charge on any atom is 0.166 e. The smallest absolute Gasteiger partial charge is 0.166 e. The van der Waals surface area contributed by atoms with E-state index in [-0.39, 0.29) is 22.4 Å². The zero-order valence-corrected chi connectivity index (χ0v) is 31.2. The van der Waals surface area contributed by atoms with E-state index in [0.717, 1.165) is 50.0 Å². The molecule has 10 rings (SSSR count). The summed E-state index contributed by atoms with van der Waals surface area (Å²) in [7, 11) is 0. The fourth-order valence-electron chi connectivity index (χ4n) is 8.39. The monoisotopic (exact) mass is 731 g/mol. The Balaban J connectivity index is 1.23. The van der Waals surface area contributed by atoms with E-state index in [2.05, 4.69) is 114 Å². The molecule has 0 bridgehead atoms. The average molecular weight is 732 g/mol. The first-order valence-corrected chi connectivity index (χ1v) is 18.8. The van der Waals surface area contributed by atoms with Crippen LogP contribution < -0.4 is 4.90 Å². The minimum absolute atomic E-state index is 0.262. The van der Waals surface area contributed by atoms with Crippen LogP contribution in [0.1, 0.15) is 36.1 Å². The summed E-state index contributed by atoms with van der Waals surface area (Å²) in [4.78, 5) is 17.0. The van der Waals surface area contributed by atoms with Crippen molar-refractivity contribution in [3.8, 4) is 52.0 Å². The van der Waals surface area contributed by atoms with Gasteiger partial charge in [-0.2, -0.15) is 10.5 Å². The van der Waals surface area contributed by atoms with Crippen molar-refractivity contribution in [2.45, 2.75) is 19.3 Å². The fourth-order valence-corrected chi connectivity index (χ4v) is 8.39. The van der Waals surface area contributed by atoms with Gasteiger partial charge in [0.15, 0.2) is 17.5 Å². The molecule has 1 aliphatic heterocycles. The predicted molar refractivity (Wildman–Crippen MR) is 227 cm³/mol. The molecule has 2 aromatic heterocycles. The van der Waals surface area contributed by atoms with Crippen LogP contribution in [-0.4, -0.2) is 19.5 Å². The number of anilines is 3. The first kappa shape index (κ1) is 33.7. The van der Waals surface area contributed by atoms with E-state index in [1.165, 1.54) is 11.1 Å². The van der Waals surface area contributed by atoms with Crippen LogP contribution in [0.3, 0.4) is 0 Å². The molecule has 57 heavy (non-hydrogen) atoms. The van der Waals surface area contributed by atoms with E-state index in [1.54, 1.807) is 0 Å². The highest BCUT2D eigenvalue weighted by Crippen LogP contribution is 2.53. The van der Waals surface area contributed by atoms with E-state index in [4.69, 9.17) is 15.0 Å². The van der Waals surface area contributed by atoms with Gasteiger partial charge in [-0.3, -0.25) is 0 Å². The van der Waals surface area contributed by atoms with Crippen LogP contribution in [0.15, 0.2) is 164 Å². The number of hydrogen-bond donors (Lipinski definition) is 0. The lowest BCUT2D eigenvalue weighted by Gasteiger charge is -2.42. The van der Waals surface area contributed by atoms with Crippen molar-refractivity contribution < 1.29 is 0 Å². The minimum Gasteiger partial charge on any atom is -0.310 e. The third-order valence-corrected chi connectivity index (χ3v) is 11.1. The largest absolute Gasteiger partial charge is 0.310 e. The summed E-state index contributed by atoms with van der Waals surface area (Å²) in [6, 6.07) is 59.9. The second kappa shape index (κ2) is 13.2. The second-order valence-corrected chi connectivity index (χ2v) is 14.7. The molecule has 0 saturated heterocycles. The van der Waals surface area contributed by atoms with E-state index in [9.17, 15) is 10.5 Å². The van der Waals surface area contributed by atoms with Gasteiger partial charge in [-0.15, -0.1) is 0 Å². The third-order valence-electron chi connectivity index (χ3n) is 11.1. The lowest BCUT2D eigenvalue weighted by atomic mass is 9.73. The van der Waals surface area contributed by atoms with Gasteiger partial charge in [0, 0.05) is 38.7 Å². The molecule has 0 atom stereocenters. The molecule has 7 aromatic carbocycles. The molecule has 0 fully saturated rings. The number of para-hydroxylation sites is 3. The molecule has 9 aromatic rings. The van der Waals surface area contributed by atoms with Gasteiger partial charge in [-0.05, 0) is 59.7 Å². The Kier molecular flexibility index (Phi) is 7.78. The van der Waals surface area contributed by atoms with Crippen molar-refractivity contribution in [3.05, 3.63) is 186 Å². The van der Waals surface area contributed by atoms with Gasteiger partial charge in [-0.1, -0.05) is 129 Å². The van der Waals surface area contributed by atoms with Crippen LogP contribution in [-0.2, 0) is 5.41 Å². The first-order chi connectivity index (χ1) is 27.9. The summed E-state index contributed by atoms with van der Waals surface area (Å²) in [5, 5.41) is 23.9. The summed E-state index contributed by atoms with van der Waals surface area (Å²) >= 11 is 0. The van der Waals surface area contributed by atoms with E-state index >= 15 is 0 Å². The molecule has 0 unspecified atom stereocenters. The lowest BCUT2D eigenvalue weighted by Crippen LogP contribution is -2.30. The molecule has 1 aliphatic rings. The quantitative estimate of drug-likeness (QED) is 0.175. The Labute approximate surface area is 330 Å². The second-order valence-electron chi connectivity index (χ2n) is 14.7. The summed E-state index contributed by atoms with van der Waals surface area (Å²) < 4.78 is 2.17. The third kappa shape index (κ3) is 5.37. The highest BCUT2D eigenvalue weighted by molar-refractivity contribution is 6.11. The standard InChI is InChI=1S/C50H33N7/c1-50(2)40-23-13-15-25-43(40)56(36-20-10-5-11-21-36)45-29-44-39(28-41(45)50)38-22-12-14-24-42(38)57(44)37-26-34(30-51)46(35(27-37)31-52)49-54-47(32-16-6-3-7-17-32)53-48(55-49)33-18-8-4-9-19-33/h3-29H,1-2H3. The summed E-state index contributed by atoms with van der Waals surface area (Å²) in [6.45, 7) is 4.59. The topological polar surface area (TPSA) is 94.4 Å². The summed E-state index contributed by atoms with van der Waals surface area (Å²) in [6.07, 6.45) is 0. The maximum atomic E-state index is 10.8. The minimum atomic E-state index is -0.292. The molecule has 0 radical (unpaired) electrons. The number of fused-ring (bicyclic) bond motifs is 5. The highest BCUT2D eigenvalue weighted by Gasteiger charge is 2.37. The van der Waals surface area contributed by atoms with E-state index < -0.39 is 0 Å². The summed E-state index contributed by atoms with van der Waals surface area (Å²) in [5.74, 6) is 1.17. The molecule has 3 heterocycles.